The van der Waals surface area contributed by atoms with Crippen molar-refractivity contribution in [2.24, 2.45) is 0 Å². The topological polar surface area (TPSA) is 48.8 Å². The van der Waals surface area contributed by atoms with Gasteiger partial charge in [-0.3, -0.25) is 0 Å². The minimum atomic E-state index is -0.611. The zero-order valence-electron chi connectivity index (χ0n) is 15.8. The van der Waals surface area contributed by atoms with E-state index < -0.39 is 17.5 Å². The Labute approximate surface area is 162 Å². The number of aryl methyl sites for hydroxylation is 1. The van der Waals surface area contributed by atoms with Crippen molar-refractivity contribution in [1.82, 2.24) is 9.72 Å². The summed E-state index contributed by atoms with van der Waals surface area (Å²) >= 11 is 0. The van der Waals surface area contributed by atoms with E-state index >= 15 is 0 Å². The van der Waals surface area contributed by atoms with Gasteiger partial charge in [0.15, 0.2) is 0 Å². The Morgan fingerprint density at radius 1 is 1.25 bits per heavy atom. The zero-order valence-corrected chi connectivity index (χ0v) is 15.8. The third kappa shape index (κ3) is 3.64. The molecule has 5 nitrogen and oxygen atoms in total. The van der Waals surface area contributed by atoms with Crippen molar-refractivity contribution in [2.75, 3.05) is 29.9 Å². The van der Waals surface area contributed by atoms with Crippen LogP contribution in [0.1, 0.15) is 22.7 Å². The molecule has 28 heavy (non-hydrogen) atoms. The first-order chi connectivity index (χ1) is 13.4. The number of anilines is 2. The molecule has 3 heterocycles. The number of hydrogen-bond acceptors (Lipinski definition) is 3. The molecule has 2 N–H and O–H groups in total. The number of nitrogens with one attached hydrogen (secondary N) is 2. The molecule has 2 aromatic heterocycles. The fraction of sp³-hybridized carbons (Fsp3) is 0.300. The van der Waals surface area contributed by atoms with Crippen LogP contribution in [0.25, 0.3) is 5.41 Å². The molecular formula is C20H21BF2N4O. The molecule has 1 aromatic carbocycles. The van der Waals surface area contributed by atoms with Crippen LogP contribution in [0.5, 0.6) is 0 Å². The summed E-state index contributed by atoms with van der Waals surface area (Å²) in [5, 5.41) is 5.92. The molecule has 0 saturated carbocycles. The van der Waals surface area contributed by atoms with E-state index in [2.05, 4.69) is 22.5 Å². The van der Waals surface area contributed by atoms with Crippen LogP contribution in [-0.2, 0) is 0 Å². The van der Waals surface area contributed by atoms with E-state index in [9.17, 15) is 13.6 Å². The van der Waals surface area contributed by atoms with E-state index in [-0.39, 0.29) is 11.3 Å². The number of halogens is 2. The Morgan fingerprint density at radius 3 is 2.82 bits per heavy atom. The van der Waals surface area contributed by atoms with Crippen LogP contribution < -0.4 is 15.5 Å². The third-order valence-electron chi connectivity index (χ3n) is 4.98. The van der Waals surface area contributed by atoms with Crippen molar-refractivity contribution in [3.8, 4) is 0 Å². The van der Waals surface area contributed by atoms with Gasteiger partial charge in [-0.25, -0.2) is 0 Å². The van der Waals surface area contributed by atoms with Crippen LogP contribution in [-0.4, -0.2) is 42.9 Å². The van der Waals surface area contributed by atoms with E-state index in [4.69, 9.17) is 0 Å². The number of benzene rings is 1. The quantitative estimate of drug-likeness (QED) is 0.733. The predicted octanol–water partition coefficient (Wildman–Crippen LogP) is 2.91. The van der Waals surface area contributed by atoms with Gasteiger partial charge in [0.2, 0.25) is 0 Å². The first-order valence-corrected chi connectivity index (χ1v) is 9.28. The van der Waals surface area contributed by atoms with Gasteiger partial charge in [-0.2, -0.15) is 0 Å². The number of hydrogen-bond donors (Lipinski definition) is 2. The van der Waals surface area contributed by atoms with Crippen molar-refractivity contribution < 1.29 is 13.6 Å². The number of fused-ring (bicyclic) bond motifs is 1. The Balaban J connectivity index is 1.55. The molecule has 0 aliphatic carbocycles. The normalized spacial score (nSPS) is 17.0. The van der Waals surface area contributed by atoms with Gasteiger partial charge < -0.3 is 5.32 Å². The number of piperazine rings is 1. The van der Waals surface area contributed by atoms with Crippen LogP contribution in [0.4, 0.5) is 20.2 Å². The van der Waals surface area contributed by atoms with Gasteiger partial charge in [-0.15, -0.1) is 0 Å². The number of carbonyl (C=O) groups is 1. The Morgan fingerprint density at radius 2 is 2.07 bits per heavy atom. The second-order valence-electron chi connectivity index (χ2n) is 7.31. The fourth-order valence-corrected chi connectivity index (χ4v) is 3.63. The number of amides is 1. The first kappa shape index (κ1) is 18.6. The average molecular weight is 382 g/mol. The molecule has 0 bridgehead atoms. The van der Waals surface area contributed by atoms with Crippen molar-refractivity contribution in [3.05, 3.63) is 59.3 Å². The minimum absolute atomic E-state index is 0.0730. The summed E-state index contributed by atoms with van der Waals surface area (Å²) < 4.78 is 30.4. The molecule has 3 aromatic rings. The number of nitrogens with zero attached hydrogens (tertiary/aromatic N) is 2. The molecule has 1 amide bonds. The molecule has 8 heteroatoms. The summed E-state index contributed by atoms with van der Waals surface area (Å²) in [6.45, 7) is 8.05. The van der Waals surface area contributed by atoms with Crippen molar-refractivity contribution in [2.45, 2.75) is 19.9 Å². The molecule has 144 valence electrons. The van der Waals surface area contributed by atoms with Gasteiger partial charge in [0.05, 0.1) is 0 Å². The number of pyridine rings is 1. The molecule has 1 aliphatic heterocycles. The molecule has 1 fully saturated rings. The van der Waals surface area contributed by atoms with E-state index in [1.54, 1.807) is 29.8 Å². The summed E-state index contributed by atoms with van der Waals surface area (Å²) in [7, 11) is 0. The van der Waals surface area contributed by atoms with Crippen LogP contribution in [0, 0.1) is 18.6 Å². The van der Waals surface area contributed by atoms with E-state index in [0.717, 1.165) is 30.8 Å². The second kappa shape index (κ2) is 7.35. The molecule has 1 aliphatic rings. The Bertz CT molecular complexity index is 1050. The van der Waals surface area contributed by atoms with Gasteiger partial charge in [-0.1, -0.05) is 0 Å². The Kier molecular flexibility index (Phi) is 4.89. The third-order valence-corrected chi connectivity index (χ3v) is 4.98. The molecule has 1 saturated heterocycles. The molecule has 0 radical (unpaired) electrons. The molecule has 1 atom stereocenters. The summed E-state index contributed by atoms with van der Waals surface area (Å²) in [6.07, 6.45) is 3.37. The van der Waals surface area contributed by atoms with Crippen molar-refractivity contribution in [3.63, 3.8) is 0 Å². The van der Waals surface area contributed by atoms with Gasteiger partial charge in [0.1, 0.15) is 0 Å². The van der Waals surface area contributed by atoms with Crippen molar-refractivity contribution in [1.29, 1.82) is 0 Å². The average Bonchev–Trinajstić information content (AvgIpc) is 3.02. The first-order valence-electron chi connectivity index (χ1n) is 9.28. The van der Waals surface area contributed by atoms with Crippen molar-refractivity contribution >= 4 is 29.6 Å². The summed E-state index contributed by atoms with van der Waals surface area (Å²) in [5.74, 6) is -1.66. The van der Waals surface area contributed by atoms with Gasteiger partial charge >= 0.3 is 137 Å². The van der Waals surface area contributed by atoms with Gasteiger partial charge in [0, 0.05) is 12.6 Å². The second-order valence-corrected chi connectivity index (χ2v) is 7.31. The standard InChI is InChI=1S/C20H21BF2N4O/c1-12-9-27-11-14(7-18(23)19(27)21-12)25-20(28)16-4-3-15(8-17(16)22)26-6-5-24-13(2)10-26/h3-4,7-9,11,13,24H,5-6,10H2,1-2H3,(H,25,28). The van der Waals surface area contributed by atoms with E-state index in [0.29, 0.717) is 11.5 Å². The molecular weight excluding hydrogens is 361 g/mol. The fourth-order valence-electron chi connectivity index (χ4n) is 3.63. The summed E-state index contributed by atoms with van der Waals surface area (Å²) in [5.41, 5.74) is 2.28. The van der Waals surface area contributed by atoms with Gasteiger partial charge in [-0.05, 0) is 6.92 Å². The summed E-state index contributed by atoms with van der Waals surface area (Å²) in [4.78, 5) is 14.6. The maximum absolute atomic E-state index is 14.6. The van der Waals surface area contributed by atoms with Crippen LogP contribution >= 0.6 is 0 Å². The monoisotopic (exact) mass is 382 g/mol. The van der Waals surface area contributed by atoms with Gasteiger partial charge in [0.25, 0.3) is 0 Å². The Hall–Kier alpha value is -2.74. The number of aromatic nitrogens is 1. The zero-order chi connectivity index (χ0) is 19.8. The van der Waals surface area contributed by atoms with Crippen LogP contribution in [0.15, 0.2) is 36.7 Å². The summed E-state index contributed by atoms with van der Waals surface area (Å²) in [6, 6.07) is 6.16. The molecule has 4 rings (SSSR count). The SMILES string of the molecule is Cc1bc2c(F)cc(NC(=O)c3ccc(N4CCNC(C)C4)cc3F)cn2c1. The number of rotatable bonds is 3. The van der Waals surface area contributed by atoms with Crippen LogP contribution in [0.2, 0.25) is 0 Å². The molecule has 0 spiro atoms. The van der Waals surface area contributed by atoms with E-state index in [1.807, 2.05) is 6.92 Å². The van der Waals surface area contributed by atoms with E-state index in [1.165, 1.54) is 18.2 Å². The maximum atomic E-state index is 14.6. The predicted molar refractivity (Wildman–Crippen MR) is 107 cm³/mol. The van der Waals surface area contributed by atoms with Crippen LogP contribution in [0.3, 0.4) is 0 Å². The number of carbonyl (C=O) groups excluding carboxylic acids is 1. The molecule has 1 unspecified atom stereocenters.